The first kappa shape index (κ1) is 31.3. The first-order valence-corrected chi connectivity index (χ1v) is 19.5. The molecule has 0 radical (unpaired) electrons. The summed E-state index contributed by atoms with van der Waals surface area (Å²) >= 11 is 0. The van der Waals surface area contributed by atoms with E-state index in [1.165, 1.54) is 32.6 Å². The van der Waals surface area contributed by atoms with Crippen molar-refractivity contribution >= 4 is 87.6 Å². The van der Waals surface area contributed by atoms with Gasteiger partial charge in [-0.3, -0.25) is 9.97 Å². The maximum absolute atomic E-state index is 6.46. The van der Waals surface area contributed by atoms with Gasteiger partial charge in [0.1, 0.15) is 22.3 Å². The lowest BCUT2D eigenvalue weighted by atomic mass is 10.0. The van der Waals surface area contributed by atoms with Gasteiger partial charge < -0.3 is 18.0 Å². The molecule has 6 nitrogen and oxygen atoms in total. The molecule has 0 saturated heterocycles. The molecule has 7 aromatic carbocycles. The highest BCUT2D eigenvalue weighted by atomic mass is 16.3. The molecule has 0 aliphatic rings. The van der Waals surface area contributed by atoms with Crippen LogP contribution in [0.2, 0.25) is 0 Å². The van der Waals surface area contributed by atoms with Crippen LogP contribution < -0.4 is 0 Å². The van der Waals surface area contributed by atoms with Gasteiger partial charge in [-0.15, -0.1) is 0 Å². The molecule has 0 atom stereocenters. The molecule has 6 aromatic heterocycles. The van der Waals surface area contributed by atoms with Gasteiger partial charge >= 0.3 is 0 Å². The van der Waals surface area contributed by atoms with Gasteiger partial charge in [-0.05, 0) is 131 Å². The third kappa shape index (κ3) is 4.48. The Morgan fingerprint density at radius 1 is 0.328 bits per heavy atom. The van der Waals surface area contributed by atoms with Gasteiger partial charge in [-0.1, -0.05) is 54.6 Å². The minimum atomic E-state index is 0.794. The number of hydrogen-bond acceptors (Lipinski definition) is 4. The van der Waals surface area contributed by atoms with Crippen molar-refractivity contribution in [1.29, 1.82) is 0 Å². The number of aromatic nitrogens is 4. The predicted molar refractivity (Wildman–Crippen MR) is 236 cm³/mol. The van der Waals surface area contributed by atoms with E-state index in [4.69, 9.17) is 8.83 Å². The van der Waals surface area contributed by atoms with E-state index in [-0.39, 0.29) is 0 Å². The molecule has 0 spiro atoms. The lowest BCUT2D eigenvalue weighted by Gasteiger charge is -2.09. The van der Waals surface area contributed by atoms with E-state index in [2.05, 4.69) is 171 Å². The third-order valence-corrected chi connectivity index (χ3v) is 11.9. The monoisotopic (exact) mass is 742 g/mol. The fraction of sp³-hybridized carbons (Fsp3) is 0. The van der Waals surface area contributed by atoms with Crippen LogP contribution in [-0.2, 0) is 0 Å². The summed E-state index contributed by atoms with van der Waals surface area (Å²) in [6.45, 7) is 0. The van der Waals surface area contributed by atoms with Crippen LogP contribution in [0.5, 0.6) is 0 Å². The quantitative estimate of drug-likeness (QED) is 0.180. The van der Waals surface area contributed by atoms with Crippen LogP contribution in [0.1, 0.15) is 0 Å². The Morgan fingerprint density at radius 2 is 0.828 bits per heavy atom. The summed E-state index contributed by atoms with van der Waals surface area (Å²) in [4.78, 5) is 8.86. The Hall–Kier alpha value is -7.96. The number of hydrogen-bond donors (Lipinski definition) is 0. The van der Waals surface area contributed by atoms with Crippen molar-refractivity contribution in [3.8, 4) is 33.6 Å². The zero-order chi connectivity index (χ0) is 37.9. The van der Waals surface area contributed by atoms with Crippen LogP contribution in [0.4, 0.5) is 0 Å². The van der Waals surface area contributed by atoms with Gasteiger partial charge in [0.05, 0.1) is 22.1 Å². The second-order valence-corrected chi connectivity index (χ2v) is 15.0. The van der Waals surface area contributed by atoms with Gasteiger partial charge in [0.2, 0.25) is 0 Å². The summed E-state index contributed by atoms with van der Waals surface area (Å²) in [5, 5.41) is 8.02. The van der Waals surface area contributed by atoms with E-state index in [1.54, 1.807) is 0 Å². The first-order chi connectivity index (χ1) is 28.7. The van der Waals surface area contributed by atoms with Crippen LogP contribution in [-0.4, -0.2) is 19.1 Å². The zero-order valence-corrected chi connectivity index (χ0v) is 30.9. The lowest BCUT2D eigenvalue weighted by molar-refractivity contribution is 0.668. The number of pyridine rings is 2. The number of para-hydroxylation sites is 2. The van der Waals surface area contributed by atoms with E-state index < -0.39 is 0 Å². The Labute approximate surface area is 330 Å². The summed E-state index contributed by atoms with van der Waals surface area (Å²) in [6.07, 6.45) is 5.51. The molecule has 270 valence electrons. The molecular formula is C52H30N4O2. The molecule has 0 unspecified atom stereocenters. The standard InChI is InChI=1S/C52H30N4O2/c1-3-8-44-37(6-1)39-26-32(31-21-24-53-25-22-31)11-16-46(39)55(44)35-14-19-49-42(29-35)41-28-34(13-18-48(41)57-49)33-12-17-47-40(27-33)38-7-2-4-9-45(38)56(47)36-15-20-50-43(30-36)52-51(58-50)10-5-23-54-52/h1-30H. The van der Waals surface area contributed by atoms with E-state index >= 15 is 0 Å². The number of benzene rings is 7. The maximum Gasteiger partial charge on any atom is 0.153 e. The van der Waals surface area contributed by atoms with Crippen molar-refractivity contribution in [2.45, 2.75) is 0 Å². The average Bonchev–Trinajstić information content (AvgIpc) is 4.03. The molecule has 0 saturated carbocycles. The van der Waals surface area contributed by atoms with Crippen LogP contribution in [0.15, 0.2) is 191 Å². The topological polar surface area (TPSA) is 61.9 Å². The van der Waals surface area contributed by atoms with Gasteiger partial charge in [0, 0.05) is 67.7 Å². The average molecular weight is 743 g/mol. The molecular weight excluding hydrogens is 713 g/mol. The molecule has 0 N–H and O–H groups in total. The van der Waals surface area contributed by atoms with E-state index in [1.807, 2.05) is 30.7 Å². The summed E-state index contributed by atoms with van der Waals surface area (Å²) in [5.74, 6) is 0. The maximum atomic E-state index is 6.46. The smallest absolute Gasteiger partial charge is 0.153 e. The van der Waals surface area contributed by atoms with Gasteiger partial charge in [-0.25, -0.2) is 0 Å². The van der Waals surface area contributed by atoms with Gasteiger partial charge in [0.15, 0.2) is 5.58 Å². The Balaban J connectivity index is 0.952. The fourth-order valence-corrected chi connectivity index (χ4v) is 9.21. The van der Waals surface area contributed by atoms with Crippen molar-refractivity contribution in [2.75, 3.05) is 0 Å². The second kappa shape index (κ2) is 11.8. The summed E-state index contributed by atoms with van der Waals surface area (Å²) in [6, 6.07) is 58.4. The fourth-order valence-electron chi connectivity index (χ4n) is 9.21. The minimum absolute atomic E-state index is 0.794. The molecule has 0 aliphatic carbocycles. The van der Waals surface area contributed by atoms with E-state index in [0.29, 0.717) is 0 Å². The normalized spacial score (nSPS) is 12.1. The van der Waals surface area contributed by atoms with Crippen LogP contribution in [0, 0.1) is 0 Å². The molecule has 0 aliphatic heterocycles. The van der Waals surface area contributed by atoms with Crippen LogP contribution in [0.25, 0.3) is 121 Å². The predicted octanol–water partition coefficient (Wildman–Crippen LogP) is 13.8. The molecule has 0 fully saturated rings. The summed E-state index contributed by atoms with van der Waals surface area (Å²) in [5.41, 5.74) is 15.6. The molecule has 0 amide bonds. The van der Waals surface area contributed by atoms with Crippen LogP contribution >= 0.6 is 0 Å². The zero-order valence-electron chi connectivity index (χ0n) is 30.9. The molecule has 0 bridgehead atoms. The molecule has 13 aromatic rings. The Kier molecular flexibility index (Phi) is 6.35. The highest BCUT2D eigenvalue weighted by Gasteiger charge is 2.18. The number of furan rings is 2. The number of nitrogens with zero attached hydrogens (tertiary/aromatic N) is 4. The molecule has 13 rings (SSSR count). The van der Waals surface area contributed by atoms with Crippen molar-refractivity contribution in [3.05, 3.63) is 182 Å². The lowest BCUT2D eigenvalue weighted by Crippen LogP contribution is -1.93. The van der Waals surface area contributed by atoms with Crippen molar-refractivity contribution < 1.29 is 8.83 Å². The van der Waals surface area contributed by atoms with Crippen LogP contribution in [0.3, 0.4) is 0 Å². The minimum Gasteiger partial charge on any atom is -0.456 e. The molecule has 6 heteroatoms. The highest BCUT2D eigenvalue weighted by molar-refractivity contribution is 6.14. The number of rotatable bonds is 4. The summed E-state index contributed by atoms with van der Waals surface area (Å²) in [7, 11) is 0. The van der Waals surface area contributed by atoms with Crippen molar-refractivity contribution in [2.24, 2.45) is 0 Å². The SMILES string of the molecule is c1cnc2c(c1)oc1ccc(-n3c4ccccc4c4cc(-c5ccc6oc7ccc(-n8c9ccccc9c9cc(-c%10ccncc%10)ccc98)cc7c6c5)ccc43)cc12. The Morgan fingerprint density at radius 3 is 1.50 bits per heavy atom. The highest BCUT2D eigenvalue weighted by Crippen LogP contribution is 2.40. The molecule has 6 heterocycles. The van der Waals surface area contributed by atoms with Gasteiger partial charge in [-0.2, -0.15) is 0 Å². The summed E-state index contributed by atoms with van der Waals surface area (Å²) < 4.78 is 17.3. The number of fused-ring (bicyclic) bond motifs is 12. The van der Waals surface area contributed by atoms with Crippen molar-refractivity contribution in [1.82, 2.24) is 19.1 Å². The van der Waals surface area contributed by atoms with E-state index in [9.17, 15) is 0 Å². The molecule has 58 heavy (non-hydrogen) atoms. The first-order valence-electron chi connectivity index (χ1n) is 19.5. The Bertz CT molecular complexity index is 3810. The second-order valence-electron chi connectivity index (χ2n) is 15.0. The van der Waals surface area contributed by atoms with Gasteiger partial charge in [0.25, 0.3) is 0 Å². The van der Waals surface area contributed by atoms with E-state index in [0.717, 1.165) is 88.6 Å². The largest absolute Gasteiger partial charge is 0.456 e. The third-order valence-electron chi connectivity index (χ3n) is 11.9. The van der Waals surface area contributed by atoms with Crippen molar-refractivity contribution in [3.63, 3.8) is 0 Å².